The topological polar surface area (TPSA) is 29.1 Å². The van der Waals surface area contributed by atoms with Crippen LogP contribution in [-0.4, -0.2) is 17.3 Å². The minimum absolute atomic E-state index is 0.0649. The Balaban J connectivity index is 2.24. The third-order valence-corrected chi connectivity index (χ3v) is 3.92. The summed E-state index contributed by atoms with van der Waals surface area (Å²) in [5.74, 6) is 0.462. The number of rotatable bonds is 4. The van der Waals surface area contributed by atoms with Crippen molar-refractivity contribution in [2.24, 2.45) is 0 Å². The van der Waals surface area contributed by atoms with E-state index in [1.807, 2.05) is 50.2 Å². The van der Waals surface area contributed by atoms with E-state index >= 15 is 0 Å². The number of hydrogen-bond acceptors (Lipinski definition) is 1. The molecule has 2 rings (SSSR count). The van der Waals surface area contributed by atoms with Crippen LogP contribution in [0.4, 0.5) is 0 Å². The number of carbonyl (C=O) groups excluding carboxylic acids is 1. The van der Waals surface area contributed by atoms with Gasteiger partial charge in [-0.05, 0) is 55.3 Å². The summed E-state index contributed by atoms with van der Waals surface area (Å²) in [6.45, 7) is 3.96. The maximum Gasteiger partial charge on any atom is 0.251 e. The van der Waals surface area contributed by atoms with E-state index in [4.69, 9.17) is 11.6 Å². The van der Waals surface area contributed by atoms with Crippen LogP contribution >= 0.6 is 27.5 Å². The van der Waals surface area contributed by atoms with Crippen LogP contribution in [0.15, 0.2) is 40.9 Å². The molecule has 4 heteroatoms. The summed E-state index contributed by atoms with van der Waals surface area (Å²) in [6.07, 6.45) is 0.737. The maximum absolute atomic E-state index is 12.3. The molecule has 1 N–H and O–H groups in total. The number of hydrogen-bond donors (Lipinski definition) is 1. The number of benzene rings is 2. The molecule has 2 aromatic rings. The first-order valence-electron chi connectivity index (χ1n) is 6.49. The van der Waals surface area contributed by atoms with Crippen molar-refractivity contribution < 1.29 is 4.79 Å². The lowest BCUT2D eigenvalue weighted by Gasteiger charge is -2.25. The van der Waals surface area contributed by atoms with Crippen LogP contribution in [0.1, 0.15) is 30.6 Å². The van der Waals surface area contributed by atoms with Crippen molar-refractivity contribution in [3.63, 3.8) is 0 Å². The van der Waals surface area contributed by atoms with E-state index in [1.165, 1.54) is 0 Å². The largest absolute Gasteiger partial charge is 0.347 e. The number of carbonyl (C=O) groups is 1. The van der Waals surface area contributed by atoms with Gasteiger partial charge in [0.1, 0.15) is 0 Å². The molecule has 0 aliphatic heterocycles. The minimum atomic E-state index is -0.298. The summed E-state index contributed by atoms with van der Waals surface area (Å²) in [4.78, 5) is 12.3. The Morgan fingerprint density at radius 2 is 1.85 bits per heavy atom. The number of fused-ring (bicyclic) bond motifs is 1. The lowest BCUT2D eigenvalue weighted by molar-refractivity contribution is 0.0912. The van der Waals surface area contributed by atoms with E-state index < -0.39 is 0 Å². The highest BCUT2D eigenvalue weighted by molar-refractivity contribution is 9.10. The monoisotopic (exact) mass is 353 g/mol. The Labute approximate surface area is 132 Å². The zero-order valence-electron chi connectivity index (χ0n) is 11.5. The molecule has 0 aromatic heterocycles. The molecule has 0 atom stereocenters. The van der Waals surface area contributed by atoms with Gasteiger partial charge in [0, 0.05) is 21.5 Å². The van der Waals surface area contributed by atoms with Gasteiger partial charge in [-0.15, -0.1) is 11.6 Å². The fraction of sp³-hybridized carbons (Fsp3) is 0.312. The smallest absolute Gasteiger partial charge is 0.251 e. The molecule has 106 valence electrons. The van der Waals surface area contributed by atoms with E-state index in [0.29, 0.717) is 11.4 Å². The normalized spacial score (nSPS) is 11.6. The van der Waals surface area contributed by atoms with Gasteiger partial charge >= 0.3 is 0 Å². The first kappa shape index (κ1) is 15.3. The Kier molecular flexibility index (Phi) is 4.71. The molecule has 0 aliphatic carbocycles. The molecule has 2 aromatic carbocycles. The zero-order valence-corrected chi connectivity index (χ0v) is 13.9. The van der Waals surface area contributed by atoms with Crippen molar-refractivity contribution in [2.45, 2.75) is 25.8 Å². The lowest BCUT2D eigenvalue weighted by atomic mass is 10.0. The molecular formula is C16H17BrClNO. The number of alkyl halides is 1. The van der Waals surface area contributed by atoms with E-state index in [-0.39, 0.29) is 11.4 Å². The highest BCUT2D eigenvalue weighted by atomic mass is 79.9. The molecule has 0 bridgehead atoms. The van der Waals surface area contributed by atoms with Crippen LogP contribution in [0, 0.1) is 0 Å². The van der Waals surface area contributed by atoms with Crippen molar-refractivity contribution >= 4 is 44.2 Å². The summed E-state index contributed by atoms with van der Waals surface area (Å²) in [5.41, 5.74) is 0.371. The molecule has 0 fully saturated rings. The molecule has 2 nitrogen and oxygen atoms in total. The van der Waals surface area contributed by atoms with Gasteiger partial charge in [-0.1, -0.05) is 28.1 Å². The third-order valence-electron chi connectivity index (χ3n) is 3.24. The molecule has 0 spiro atoms. The average molecular weight is 355 g/mol. The molecule has 0 heterocycles. The molecule has 0 saturated heterocycles. The second-order valence-corrected chi connectivity index (χ2v) is 6.78. The van der Waals surface area contributed by atoms with E-state index in [9.17, 15) is 4.79 Å². The minimum Gasteiger partial charge on any atom is -0.347 e. The summed E-state index contributed by atoms with van der Waals surface area (Å²) >= 11 is 9.20. The molecule has 0 unspecified atom stereocenters. The summed E-state index contributed by atoms with van der Waals surface area (Å²) < 4.78 is 1.03. The van der Waals surface area contributed by atoms with Gasteiger partial charge in [-0.2, -0.15) is 0 Å². The van der Waals surface area contributed by atoms with Crippen LogP contribution < -0.4 is 5.32 Å². The van der Waals surface area contributed by atoms with Crippen molar-refractivity contribution in [3.05, 3.63) is 46.4 Å². The molecule has 20 heavy (non-hydrogen) atoms. The van der Waals surface area contributed by atoms with Gasteiger partial charge in [-0.3, -0.25) is 4.79 Å². The predicted molar refractivity (Wildman–Crippen MR) is 88.5 cm³/mol. The molecule has 0 aliphatic rings. The van der Waals surface area contributed by atoms with Crippen LogP contribution in [0.3, 0.4) is 0 Å². The SMILES string of the molecule is CC(C)(CCCl)NC(=O)c1ccc2cc(Br)ccc2c1. The summed E-state index contributed by atoms with van der Waals surface area (Å²) in [5, 5.41) is 5.18. The fourth-order valence-corrected chi connectivity index (χ4v) is 2.89. The molecule has 1 amide bonds. The number of amides is 1. The van der Waals surface area contributed by atoms with Crippen molar-refractivity contribution in [1.82, 2.24) is 5.32 Å². The maximum atomic E-state index is 12.3. The van der Waals surface area contributed by atoms with Gasteiger partial charge in [0.25, 0.3) is 5.91 Å². The molecular weight excluding hydrogens is 338 g/mol. The lowest BCUT2D eigenvalue weighted by Crippen LogP contribution is -2.43. The Morgan fingerprint density at radius 1 is 1.20 bits per heavy atom. The van der Waals surface area contributed by atoms with Gasteiger partial charge < -0.3 is 5.32 Å². The predicted octanol–water partition coefficient (Wildman–Crippen LogP) is 4.74. The second-order valence-electron chi connectivity index (χ2n) is 5.48. The average Bonchev–Trinajstić information content (AvgIpc) is 2.37. The highest BCUT2D eigenvalue weighted by Crippen LogP contribution is 2.21. The standard InChI is InChI=1S/C16H17BrClNO/c1-16(2,7-8-18)19-15(20)13-4-3-12-10-14(17)6-5-11(12)9-13/h3-6,9-10H,7-8H2,1-2H3,(H,19,20). The zero-order chi connectivity index (χ0) is 14.8. The fourth-order valence-electron chi connectivity index (χ4n) is 2.04. The van der Waals surface area contributed by atoms with E-state index in [2.05, 4.69) is 21.2 Å². The number of halogens is 2. The third kappa shape index (κ3) is 3.74. The molecule has 0 radical (unpaired) electrons. The van der Waals surface area contributed by atoms with Crippen molar-refractivity contribution in [1.29, 1.82) is 0 Å². The van der Waals surface area contributed by atoms with Crippen molar-refractivity contribution in [3.8, 4) is 0 Å². The Hall–Kier alpha value is -1.06. The van der Waals surface area contributed by atoms with Gasteiger partial charge in [0.2, 0.25) is 0 Å². The summed E-state index contributed by atoms with van der Waals surface area (Å²) in [6, 6.07) is 11.7. The van der Waals surface area contributed by atoms with E-state index in [1.54, 1.807) is 0 Å². The molecule has 0 saturated carbocycles. The second kappa shape index (κ2) is 6.15. The van der Waals surface area contributed by atoms with Crippen LogP contribution in [0.5, 0.6) is 0 Å². The first-order valence-corrected chi connectivity index (χ1v) is 7.82. The van der Waals surface area contributed by atoms with Gasteiger partial charge in [0.15, 0.2) is 0 Å². The van der Waals surface area contributed by atoms with Crippen LogP contribution in [0.25, 0.3) is 10.8 Å². The quantitative estimate of drug-likeness (QED) is 0.789. The van der Waals surface area contributed by atoms with Crippen molar-refractivity contribution in [2.75, 3.05) is 5.88 Å². The number of nitrogens with one attached hydrogen (secondary N) is 1. The van der Waals surface area contributed by atoms with E-state index in [0.717, 1.165) is 21.7 Å². The van der Waals surface area contributed by atoms with Crippen LogP contribution in [-0.2, 0) is 0 Å². The Bertz CT molecular complexity index is 639. The summed E-state index contributed by atoms with van der Waals surface area (Å²) in [7, 11) is 0. The van der Waals surface area contributed by atoms with Crippen LogP contribution in [0.2, 0.25) is 0 Å². The Morgan fingerprint density at radius 3 is 2.55 bits per heavy atom. The highest BCUT2D eigenvalue weighted by Gasteiger charge is 2.20. The first-order chi connectivity index (χ1) is 9.41. The van der Waals surface area contributed by atoms with Gasteiger partial charge in [0.05, 0.1) is 0 Å². The van der Waals surface area contributed by atoms with Gasteiger partial charge in [-0.25, -0.2) is 0 Å².